The van der Waals surface area contributed by atoms with Gasteiger partial charge in [0.25, 0.3) is 0 Å². The first-order chi connectivity index (χ1) is 9.95. The molecule has 1 aromatic rings. The maximum atomic E-state index is 12.1. The van der Waals surface area contributed by atoms with Crippen molar-refractivity contribution in [2.24, 2.45) is 5.92 Å². The number of nitrogens with one attached hydrogen (secondary N) is 2. The van der Waals surface area contributed by atoms with Gasteiger partial charge in [-0.1, -0.05) is 23.2 Å². The lowest BCUT2D eigenvalue weighted by Gasteiger charge is -2.27. The molecule has 2 rings (SSSR count). The molecule has 0 spiro atoms. The number of aliphatic hydroxyl groups is 1. The van der Waals surface area contributed by atoms with E-state index in [2.05, 4.69) is 17.6 Å². The zero-order valence-electron chi connectivity index (χ0n) is 12.3. The Hall–Kier alpha value is -0.520. The Morgan fingerprint density at radius 3 is 2.64 bits per heavy atom. The van der Waals surface area contributed by atoms with Gasteiger partial charge in [-0.2, -0.15) is 0 Å². The van der Waals surface area contributed by atoms with Gasteiger partial charge in [-0.15, -0.1) is 12.4 Å². The van der Waals surface area contributed by atoms with E-state index in [-0.39, 0.29) is 30.8 Å². The van der Waals surface area contributed by atoms with Crippen molar-refractivity contribution in [1.29, 1.82) is 0 Å². The molecule has 22 heavy (non-hydrogen) atoms. The molecule has 3 N–H and O–H groups in total. The largest absolute Gasteiger partial charge is 0.387 e. The van der Waals surface area contributed by atoms with Gasteiger partial charge in [-0.05, 0) is 50.1 Å². The number of carbonyl (C=O) groups is 1. The fourth-order valence-electron chi connectivity index (χ4n) is 2.60. The maximum absolute atomic E-state index is 12.1. The van der Waals surface area contributed by atoms with Crippen molar-refractivity contribution in [2.75, 3.05) is 13.1 Å². The molecule has 0 aliphatic carbocycles. The number of hydrogen-bond donors (Lipinski definition) is 3. The smallest absolute Gasteiger partial charge is 0.223 e. The third-order valence-electron chi connectivity index (χ3n) is 3.73. The van der Waals surface area contributed by atoms with E-state index in [1.807, 2.05) is 0 Å². The minimum absolute atomic E-state index is 0. The first-order valence-corrected chi connectivity index (χ1v) is 7.86. The van der Waals surface area contributed by atoms with Crippen LogP contribution in [0, 0.1) is 5.92 Å². The highest BCUT2D eigenvalue weighted by Crippen LogP contribution is 2.23. The summed E-state index contributed by atoms with van der Waals surface area (Å²) in [6.07, 6.45) is 0.837. The SMILES string of the molecule is C[C@H]1C[C@@H](C(=O)NCC(O)c2cc(Cl)cc(Cl)c2)CCN1.Cl. The fraction of sp³-hybridized carbons (Fsp3) is 0.533. The Balaban J connectivity index is 0.00000242. The van der Waals surface area contributed by atoms with Crippen molar-refractivity contribution in [1.82, 2.24) is 10.6 Å². The minimum atomic E-state index is -0.815. The van der Waals surface area contributed by atoms with Crippen LogP contribution < -0.4 is 10.6 Å². The Kier molecular flexibility index (Phi) is 7.94. The van der Waals surface area contributed by atoms with Crippen LogP contribution >= 0.6 is 35.6 Å². The summed E-state index contributed by atoms with van der Waals surface area (Å²) in [5, 5.41) is 17.2. The van der Waals surface area contributed by atoms with E-state index in [1.54, 1.807) is 18.2 Å². The summed E-state index contributed by atoms with van der Waals surface area (Å²) in [6, 6.07) is 5.26. The van der Waals surface area contributed by atoms with E-state index < -0.39 is 6.10 Å². The van der Waals surface area contributed by atoms with E-state index in [1.165, 1.54) is 0 Å². The number of benzene rings is 1. The van der Waals surface area contributed by atoms with Crippen LogP contribution in [0.3, 0.4) is 0 Å². The first-order valence-electron chi connectivity index (χ1n) is 7.11. The van der Waals surface area contributed by atoms with Crippen molar-refractivity contribution in [2.45, 2.75) is 31.9 Å². The van der Waals surface area contributed by atoms with Gasteiger partial charge >= 0.3 is 0 Å². The highest BCUT2D eigenvalue weighted by molar-refractivity contribution is 6.34. The molecule has 0 bridgehead atoms. The minimum Gasteiger partial charge on any atom is -0.387 e. The molecule has 0 radical (unpaired) electrons. The topological polar surface area (TPSA) is 61.4 Å². The third-order valence-corrected chi connectivity index (χ3v) is 4.17. The third kappa shape index (κ3) is 5.60. The van der Waals surface area contributed by atoms with Crippen molar-refractivity contribution in [3.05, 3.63) is 33.8 Å². The molecule has 4 nitrogen and oxygen atoms in total. The summed E-state index contributed by atoms with van der Waals surface area (Å²) in [5.41, 5.74) is 0.603. The maximum Gasteiger partial charge on any atom is 0.223 e. The Bertz CT molecular complexity index is 493. The number of amides is 1. The van der Waals surface area contributed by atoms with Crippen LogP contribution in [0.25, 0.3) is 0 Å². The van der Waals surface area contributed by atoms with Crippen molar-refractivity contribution < 1.29 is 9.90 Å². The molecule has 1 aliphatic heterocycles. The molecule has 1 amide bonds. The highest BCUT2D eigenvalue weighted by atomic mass is 35.5. The lowest BCUT2D eigenvalue weighted by Crippen LogP contribution is -2.43. The second kappa shape index (κ2) is 8.94. The van der Waals surface area contributed by atoms with Gasteiger partial charge in [0.05, 0.1) is 6.10 Å². The summed E-state index contributed by atoms with van der Waals surface area (Å²) in [5.74, 6) is 0.00641. The molecule has 124 valence electrons. The lowest BCUT2D eigenvalue weighted by molar-refractivity contribution is -0.126. The van der Waals surface area contributed by atoms with Gasteiger partial charge < -0.3 is 15.7 Å². The van der Waals surface area contributed by atoms with E-state index >= 15 is 0 Å². The predicted octanol–water partition coefficient (Wildman–Crippen LogP) is 2.95. The number of piperidine rings is 1. The summed E-state index contributed by atoms with van der Waals surface area (Å²) in [4.78, 5) is 12.1. The normalized spacial score (nSPS) is 22.5. The van der Waals surface area contributed by atoms with Crippen molar-refractivity contribution >= 4 is 41.5 Å². The molecule has 3 atom stereocenters. The monoisotopic (exact) mass is 366 g/mol. The number of rotatable bonds is 4. The Labute approximate surface area is 147 Å². The molecule has 1 heterocycles. The van der Waals surface area contributed by atoms with Crippen molar-refractivity contribution in [3.63, 3.8) is 0 Å². The highest BCUT2D eigenvalue weighted by Gasteiger charge is 2.25. The quantitative estimate of drug-likeness (QED) is 0.767. The second-order valence-corrected chi connectivity index (χ2v) is 6.41. The van der Waals surface area contributed by atoms with Crippen LogP contribution in [-0.4, -0.2) is 30.1 Å². The molecule has 0 aromatic heterocycles. The van der Waals surface area contributed by atoms with Gasteiger partial charge in [0.1, 0.15) is 0 Å². The second-order valence-electron chi connectivity index (χ2n) is 5.54. The van der Waals surface area contributed by atoms with Crippen LogP contribution in [-0.2, 0) is 4.79 Å². The summed E-state index contributed by atoms with van der Waals surface area (Å²) < 4.78 is 0. The average molecular weight is 368 g/mol. The standard InChI is InChI=1S/C15H20Cl2N2O2.ClH/c1-9-4-10(2-3-18-9)15(21)19-8-14(20)11-5-12(16)7-13(17)6-11;/h5-7,9-10,14,18,20H,2-4,8H2,1H3,(H,19,21);1H/t9-,10-,14?;/m0./s1. The summed E-state index contributed by atoms with van der Waals surface area (Å²) in [7, 11) is 0. The van der Waals surface area contributed by atoms with E-state index in [0.717, 1.165) is 19.4 Å². The first kappa shape index (κ1) is 19.5. The Morgan fingerprint density at radius 2 is 2.05 bits per heavy atom. The zero-order valence-corrected chi connectivity index (χ0v) is 14.6. The summed E-state index contributed by atoms with van der Waals surface area (Å²) in [6.45, 7) is 3.09. The molecule has 1 saturated heterocycles. The van der Waals surface area contributed by atoms with Crippen molar-refractivity contribution in [3.8, 4) is 0 Å². The number of hydrogen-bond acceptors (Lipinski definition) is 3. The predicted molar refractivity (Wildman–Crippen MR) is 91.9 cm³/mol. The molecule has 1 aliphatic rings. The fourth-order valence-corrected chi connectivity index (χ4v) is 3.14. The average Bonchev–Trinajstić information content (AvgIpc) is 2.43. The van der Waals surface area contributed by atoms with Gasteiger partial charge in [0.15, 0.2) is 0 Å². The summed E-state index contributed by atoms with van der Waals surface area (Å²) >= 11 is 11.8. The van der Waals surface area contributed by atoms with Gasteiger partial charge in [-0.25, -0.2) is 0 Å². The molecule has 0 saturated carbocycles. The molecule has 7 heteroatoms. The van der Waals surface area contributed by atoms with Crippen LogP contribution in [0.5, 0.6) is 0 Å². The van der Waals surface area contributed by atoms with E-state index in [9.17, 15) is 9.90 Å². The molecule has 1 unspecified atom stereocenters. The number of aliphatic hydroxyl groups excluding tert-OH is 1. The molecule has 1 fully saturated rings. The molecular weight excluding hydrogens is 347 g/mol. The van der Waals surface area contributed by atoms with Gasteiger partial charge in [0, 0.05) is 28.5 Å². The van der Waals surface area contributed by atoms with Gasteiger partial charge in [0.2, 0.25) is 5.91 Å². The van der Waals surface area contributed by atoms with E-state index in [0.29, 0.717) is 21.7 Å². The van der Waals surface area contributed by atoms with Crippen LogP contribution in [0.1, 0.15) is 31.4 Å². The van der Waals surface area contributed by atoms with Gasteiger partial charge in [-0.3, -0.25) is 4.79 Å². The number of carbonyl (C=O) groups excluding carboxylic acids is 1. The van der Waals surface area contributed by atoms with Crippen LogP contribution in [0.4, 0.5) is 0 Å². The van der Waals surface area contributed by atoms with E-state index in [4.69, 9.17) is 23.2 Å². The van der Waals surface area contributed by atoms with Crippen LogP contribution in [0.15, 0.2) is 18.2 Å². The van der Waals surface area contributed by atoms with Crippen LogP contribution in [0.2, 0.25) is 10.0 Å². The Morgan fingerprint density at radius 1 is 1.41 bits per heavy atom. The zero-order chi connectivity index (χ0) is 15.4. The molecule has 1 aromatic carbocycles. The lowest BCUT2D eigenvalue weighted by atomic mass is 9.92. The molecular formula is C15H21Cl3N2O2. The number of halogens is 3.